The Morgan fingerprint density at radius 2 is 1.88 bits per heavy atom. The van der Waals surface area contributed by atoms with Crippen LogP contribution in [0.1, 0.15) is 30.6 Å². The van der Waals surface area contributed by atoms with Crippen LogP contribution < -0.4 is 10.6 Å². The number of nitrogens with one attached hydrogen (secondary N) is 2. The minimum Gasteiger partial charge on any atom is -0.467 e. The first-order valence-corrected chi connectivity index (χ1v) is 7.91. The average Bonchev–Trinajstić information content (AvgIpc) is 3.13. The molecule has 0 fully saturated rings. The number of imide groups is 1. The molecule has 2 N–H and O–H groups in total. The van der Waals surface area contributed by atoms with E-state index in [-0.39, 0.29) is 6.54 Å². The summed E-state index contributed by atoms with van der Waals surface area (Å²) in [4.78, 5) is 35.4. The number of amides is 3. The maximum Gasteiger partial charge on any atom is 0.321 e. The molecule has 2 rings (SSSR count). The fourth-order valence-electron chi connectivity index (χ4n) is 2.25. The molecule has 1 aromatic heterocycles. The molecule has 1 aromatic carbocycles. The van der Waals surface area contributed by atoms with Crippen LogP contribution in [0.25, 0.3) is 0 Å². The molecule has 7 nitrogen and oxygen atoms in total. The molecule has 1 atom stereocenters. The lowest BCUT2D eigenvalue weighted by atomic mass is 9.97. The second-order valence-electron chi connectivity index (χ2n) is 5.29. The Labute approximate surface area is 145 Å². The van der Waals surface area contributed by atoms with Crippen molar-refractivity contribution in [2.24, 2.45) is 0 Å². The highest BCUT2D eigenvalue weighted by molar-refractivity contribution is 5.95. The van der Waals surface area contributed by atoms with E-state index in [1.165, 1.54) is 6.26 Å². The van der Waals surface area contributed by atoms with Crippen LogP contribution in [0.5, 0.6) is 0 Å². The van der Waals surface area contributed by atoms with Gasteiger partial charge in [-0.15, -0.1) is 0 Å². The fraction of sp³-hybridized carbons (Fsp3) is 0.278. The highest BCUT2D eigenvalue weighted by Crippen LogP contribution is 2.20. The molecule has 132 valence electrons. The summed E-state index contributed by atoms with van der Waals surface area (Å²) in [5.41, 5.74) is 0.826. The van der Waals surface area contributed by atoms with E-state index in [1.54, 1.807) is 12.1 Å². The summed E-state index contributed by atoms with van der Waals surface area (Å²) in [7, 11) is 0. The summed E-state index contributed by atoms with van der Waals surface area (Å²) < 4.78 is 10.1. The zero-order chi connectivity index (χ0) is 18.1. The predicted molar refractivity (Wildman–Crippen MR) is 89.5 cm³/mol. The molecule has 3 amide bonds. The standard InChI is InChI=1S/C18H20N2O5/c1-2-15(13-7-4-3-5-8-13)17(22)25-12-16(21)20-18(23)19-11-14-9-6-10-24-14/h3-10,15H,2,11-12H2,1H3,(H2,19,20,21,23)/t15-/m0/s1. The fourth-order valence-corrected chi connectivity index (χ4v) is 2.25. The van der Waals surface area contributed by atoms with Gasteiger partial charge in [-0.2, -0.15) is 0 Å². The number of hydrogen-bond acceptors (Lipinski definition) is 5. The van der Waals surface area contributed by atoms with Crippen LogP contribution in [-0.4, -0.2) is 24.5 Å². The molecule has 2 aromatic rings. The highest BCUT2D eigenvalue weighted by atomic mass is 16.5. The summed E-state index contributed by atoms with van der Waals surface area (Å²) in [6.45, 7) is 1.50. The molecule has 0 saturated carbocycles. The Hall–Kier alpha value is -3.09. The van der Waals surface area contributed by atoms with Crippen molar-refractivity contribution < 1.29 is 23.5 Å². The van der Waals surface area contributed by atoms with Gasteiger partial charge in [0.05, 0.1) is 18.7 Å². The van der Waals surface area contributed by atoms with Gasteiger partial charge >= 0.3 is 12.0 Å². The van der Waals surface area contributed by atoms with E-state index in [2.05, 4.69) is 10.6 Å². The lowest BCUT2D eigenvalue weighted by molar-refractivity contribution is -0.149. The lowest BCUT2D eigenvalue weighted by Gasteiger charge is -2.14. The molecule has 25 heavy (non-hydrogen) atoms. The quantitative estimate of drug-likeness (QED) is 0.751. The molecule has 7 heteroatoms. The van der Waals surface area contributed by atoms with Gasteiger partial charge in [0, 0.05) is 0 Å². The van der Waals surface area contributed by atoms with Crippen molar-refractivity contribution in [3.05, 3.63) is 60.1 Å². The van der Waals surface area contributed by atoms with E-state index < -0.39 is 30.4 Å². The third-order valence-corrected chi connectivity index (χ3v) is 3.50. The largest absolute Gasteiger partial charge is 0.467 e. The Morgan fingerprint density at radius 3 is 2.52 bits per heavy atom. The van der Waals surface area contributed by atoms with Crippen molar-refractivity contribution >= 4 is 17.9 Å². The first kappa shape index (κ1) is 18.3. The van der Waals surface area contributed by atoms with E-state index in [0.717, 1.165) is 5.56 Å². The Kier molecular flexibility index (Phi) is 6.76. The van der Waals surface area contributed by atoms with Gasteiger partial charge in [-0.3, -0.25) is 14.9 Å². The summed E-state index contributed by atoms with van der Waals surface area (Å²) in [5, 5.41) is 4.54. The van der Waals surface area contributed by atoms with Crippen LogP contribution >= 0.6 is 0 Å². The van der Waals surface area contributed by atoms with Crippen molar-refractivity contribution in [1.29, 1.82) is 0 Å². The average molecular weight is 344 g/mol. The maximum absolute atomic E-state index is 12.1. The third kappa shape index (κ3) is 5.80. The Morgan fingerprint density at radius 1 is 1.12 bits per heavy atom. The van der Waals surface area contributed by atoms with Gasteiger partial charge in [0.2, 0.25) is 0 Å². The topological polar surface area (TPSA) is 97.6 Å². The van der Waals surface area contributed by atoms with Crippen LogP contribution in [-0.2, 0) is 20.9 Å². The predicted octanol–water partition coefficient (Wildman–Crippen LogP) is 2.34. The molecule has 0 unspecified atom stereocenters. The molecular formula is C18H20N2O5. The van der Waals surface area contributed by atoms with E-state index in [4.69, 9.17) is 9.15 Å². The number of rotatable bonds is 7. The smallest absolute Gasteiger partial charge is 0.321 e. The van der Waals surface area contributed by atoms with Gasteiger partial charge < -0.3 is 14.5 Å². The molecule has 0 radical (unpaired) electrons. The number of urea groups is 1. The lowest BCUT2D eigenvalue weighted by Crippen LogP contribution is -2.41. The van der Waals surface area contributed by atoms with Gasteiger partial charge in [-0.05, 0) is 24.1 Å². The van der Waals surface area contributed by atoms with E-state index in [0.29, 0.717) is 12.2 Å². The molecule has 0 aliphatic rings. The van der Waals surface area contributed by atoms with E-state index in [1.807, 2.05) is 37.3 Å². The normalized spacial score (nSPS) is 11.4. The summed E-state index contributed by atoms with van der Waals surface area (Å²) in [6, 6.07) is 11.9. The SMILES string of the molecule is CC[C@H](C(=O)OCC(=O)NC(=O)NCc1ccco1)c1ccccc1. The van der Waals surface area contributed by atoms with E-state index >= 15 is 0 Å². The van der Waals surface area contributed by atoms with Crippen molar-refractivity contribution in [2.75, 3.05) is 6.61 Å². The van der Waals surface area contributed by atoms with Crippen molar-refractivity contribution in [1.82, 2.24) is 10.6 Å². The van der Waals surface area contributed by atoms with Crippen LogP contribution in [0.2, 0.25) is 0 Å². The number of hydrogen-bond donors (Lipinski definition) is 2. The number of ether oxygens (including phenoxy) is 1. The van der Waals surface area contributed by atoms with Crippen molar-refractivity contribution in [3.8, 4) is 0 Å². The van der Waals surface area contributed by atoms with Gasteiger partial charge in [0.15, 0.2) is 6.61 Å². The van der Waals surface area contributed by atoms with Gasteiger partial charge in [0.1, 0.15) is 5.76 Å². The van der Waals surface area contributed by atoms with Gasteiger partial charge in [-0.25, -0.2) is 4.79 Å². The first-order valence-electron chi connectivity index (χ1n) is 7.91. The minimum atomic E-state index is -0.701. The monoisotopic (exact) mass is 344 g/mol. The molecule has 0 bridgehead atoms. The van der Waals surface area contributed by atoms with Gasteiger partial charge in [0.25, 0.3) is 5.91 Å². The van der Waals surface area contributed by atoms with Gasteiger partial charge in [-0.1, -0.05) is 37.3 Å². The highest BCUT2D eigenvalue weighted by Gasteiger charge is 2.21. The maximum atomic E-state index is 12.1. The van der Waals surface area contributed by atoms with Crippen LogP contribution in [0.4, 0.5) is 4.79 Å². The van der Waals surface area contributed by atoms with E-state index in [9.17, 15) is 14.4 Å². The molecule has 0 aliphatic heterocycles. The summed E-state index contributed by atoms with van der Waals surface area (Å²) in [5.74, 6) is -1.09. The number of carbonyl (C=O) groups excluding carboxylic acids is 3. The third-order valence-electron chi connectivity index (χ3n) is 3.50. The van der Waals surface area contributed by atoms with Crippen molar-refractivity contribution in [3.63, 3.8) is 0 Å². The molecular weight excluding hydrogens is 324 g/mol. The molecule has 0 spiro atoms. The second kappa shape index (κ2) is 9.27. The number of benzene rings is 1. The zero-order valence-corrected chi connectivity index (χ0v) is 13.9. The molecule has 0 saturated heterocycles. The Bertz CT molecular complexity index is 698. The van der Waals surface area contributed by atoms with Crippen LogP contribution in [0.15, 0.2) is 53.1 Å². The minimum absolute atomic E-state index is 0.151. The van der Waals surface area contributed by atoms with Crippen molar-refractivity contribution in [2.45, 2.75) is 25.8 Å². The molecule has 0 aliphatic carbocycles. The number of esters is 1. The number of carbonyl (C=O) groups is 3. The Balaban J connectivity index is 1.74. The summed E-state index contributed by atoms with van der Waals surface area (Å²) >= 11 is 0. The van der Waals surface area contributed by atoms with Crippen LogP contribution in [0.3, 0.4) is 0 Å². The molecule has 1 heterocycles. The van der Waals surface area contributed by atoms with Crippen LogP contribution in [0, 0.1) is 0 Å². The summed E-state index contributed by atoms with van der Waals surface area (Å²) in [6.07, 6.45) is 2.03. The number of furan rings is 1. The zero-order valence-electron chi connectivity index (χ0n) is 13.9. The first-order chi connectivity index (χ1) is 12.1. The second-order valence-corrected chi connectivity index (χ2v) is 5.29.